The van der Waals surface area contributed by atoms with Crippen LogP contribution in [0.15, 0.2) is 0 Å². The Morgan fingerprint density at radius 1 is 0.810 bits per heavy atom. The summed E-state index contributed by atoms with van der Waals surface area (Å²) < 4.78 is 91.8. The smallest absolute Gasteiger partial charge is 0.373 e. The third-order valence-electron chi connectivity index (χ3n) is 4.03. The zero-order valence-electron chi connectivity index (χ0n) is 10.5. The highest BCUT2D eigenvalue weighted by Crippen LogP contribution is 2.53. The quantitative estimate of drug-likeness (QED) is 0.792. The molecule has 4 rings (SSSR count). The minimum absolute atomic E-state index is 0.401. The van der Waals surface area contributed by atoms with Crippen LogP contribution in [0.1, 0.15) is 25.7 Å². The van der Waals surface area contributed by atoms with Crippen LogP contribution in [-0.4, -0.2) is 47.3 Å². The number of hydrogen-bond acceptors (Lipinski definition) is 4. The first-order valence-electron chi connectivity index (χ1n) is 6.33. The molecule has 0 spiro atoms. The Bertz CT molecular complexity index is 382. The topological polar surface area (TPSA) is 47.9 Å². The molecule has 0 atom stereocenters. The second kappa shape index (κ2) is 4.24. The molecular weight excluding hydrogens is 310 g/mol. The van der Waals surface area contributed by atoms with Crippen LogP contribution in [0.4, 0.5) is 26.3 Å². The van der Waals surface area contributed by atoms with Crippen LogP contribution in [-0.2, 0) is 14.2 Å². The van der Waals surface area contributed by atoms with Gasteiger partial charge in [-0.15, -0.1) is 0 Å². The van der Waals surface area contributed by atoms with Crippen LogP contribution in [0.25, 0.3) is 0 Å². The maximum atomic E-state index is 12.7. The molecule has 10 heteroatoms. The first-order valence-corrected chi connectivity index (χ1v) is 6.33. The van der Waals surface area contributed by atoms with Crippen molar-refractivity contribution in [3.8, 4) is 0 Å². The van der Waals surface area contributed by atoms with Crippen molar-refractivity contribution in [3.05, 3.63) is 0 Å². The van der Waals surface area contributed by atoms with E-state index in [1.165, 1.54) is 0 Å². The van der Waals surface area contributed by atoms with Crippen molar-refractivity contribution in [1.29, 1.82) is 0 Å². The van der Waals surface area contributed by atoms with Crippen molar-refractivity contribution in [2.45, 2.75) is 67.9 Å². The van der Waals surface area contributed by atoms with Gasteiger partial charge in [0, 0.05) is 19.3 Å². The normalized spacial score (nSPS) is 39.9. The van der Waals surface area contributed by atoms with E-state index < -0.39 is 48.7 Å². The Balaban J connectivity index is 1.90. The summed E-state index contributed by atoms with van der Waals surface area (Å²) in [7, 11) is 0. The molecule has 3 aliphatic heterocycles. The fraction of sp³-hybridized carbons (Fsp3) is 1.00. The molecule has 1 N–H and O–H groups in total. The molecule has 4 fully saturated rings. The highest BCUT2D eigenvalue weighted by molar-refractivity contribution is 5.00. The molecule has 21 heavy (non-hydrogen) atoms. The highest BCUT2D eigenvalue weighted by atomic mass is 19.4. The molecule has 4 bridgehead atoms. The Morgan fingerprint density at radius 2 is 1.14 bits per heavy atom. The van der Waals surface area contributed by atoms with Gasteiger partial charge in [-0.3, -0.25) is 0 Å². The molecule has 0 amide bonds. The highest BCUT2D eigenvalue weighted by Gasteiger charge is 2.74. The van der Waals surface area contributed by atoms with E-state index in [0.717, 1.165) is 0 Å². The Kier molecular flexibility index (Phi) is 3.09. The lowest BCUT2D eigenvalue weighted by Gasteiger charge is -2.56. The summed E-state index contributed by atoms with van der Waals surface area (Å²) in [6.07, 6.45) is -14.1. The molecule has 0 aromatic rings. The molecule has 1 aliphatic carbocycles. The molecule has 0 aromatic carbocycles. The predicted molar refractivity (Wildman–Crippen MR) is 52.9 cm³/mol. The van der Waals surface area contributed by atoms with Gasteiger partial charge in [-0.25, -0.2) is 0 Å². The van der Waals surface area contributed by atoms with Gasteiger partial charge in [-0.05, 0) is 0 Å². The average molecular weight is 322 g/mol. The standard InChI is InChI=1S/C11H12F6O4/c12-10(13,14)8(18,11(15,16)17)4-9-19-5-1-6(20-9)3-7(2-5)21-9/h5-7,18H,1-4H2. The fourth-order valence-electron chi connectivity index (χ4n) is 3.10. The van der Waals surface area contributed by atoms with E-state index in [2.05, 4.69) is 0 Å². The van der Waals surface area contributed by atoms with Gasteiger partial charge >= 0.3 is 12.4 Å². The van der Waals surface area contributed by atoms with E-state index in [1.54, 1.807) is 0 Å². The molecule has 4 nitrogen and oxygen atoms in total. The summed E-state index contributed by atoms with van der Waals surface area (Å²) >= 11 is 0. The van der Waals surface area contributed by atoms with E-state index in [-0.39, 0.29) is 0 Å². The molecular formula is C11H12F6O4. The Hall–Kier alpha value is -0.580. The van der Waals surface area contributed by atoms with Crippen LogP contribution >= 0.6 is 0 Å². The molecule has 0 radical (unpaired) electrons. The maximum Gasteiger partial charge on any atom is 0.426 e. The zero-order chi connectivity index (χ0) is 15.7. The van der Waals surface area contributed by atoms with Crippen molar-refractivity contribution in [1.82, 2.24) is 0 Å². The molecule has 0 aromatic heterocycles. The van der Waals surface area contributed by atoms with E-state index >= 15 is 0 Å². The lowest BCUT2D eigenvalue weighted by molar-refractivity contribution is -0.516. The number of halogens is 6. The summed E-state index contributed by atoms with van der Waals surface area (Å²) in [4.78, 5) is 0. The van der Waals surface area contributed by atoms with Crippen molar-refractivity contribution in [3.63, 3.8) is 0 Å². The summed E-state index contributed by atoms with van der Waals surface area (Å²) in [5, 5.41) is 9.25. The lowest BCUT2D eigenvalue weighted by atomic mass is 9.87. The number of alkyl halides is 6. The van der Waals surface area contributed by atoms with Crippen LogP contribution in [0.3, 0.4) is 0 Å². The van der Waals surface area contributed by atoms with Gasteiger partial charge < -0.3 is 19.3 Å². The van der Waals surface area contributed by atoms with Crippen molar-refractivity contribution in [2.24, 2.45) is 0 Å². The van der Waals surface area contributed by atoms with E-state index in [9.17, 15) is 31.4 Å². The van der Waals surface area contributed by atoms with Crippen LogP contribution in [0, 0.1) is 0 Å². The van der Waals surface area contributed by atoms with Gasteiger partial charge in [-0.2, -0.15) is 26.3 Å². The second-order valence-electron chi connectivity index (χ2n) is 5.64. The number of rotatable bonds is 2. The van der Waals surface area contributed by atoms with Gasteiger partial charge in [-0.1, -0.05) is 0 Å². The van der Waals surface area contributed by atoms with Gasteiger partial charge in [0.05, 0.1) is 24.7 Å². The third kappa shape index (κ3) is 2.32. The summed E-state index contributed by atoms with van der Waals surface area (Å²) in [5.74, 6) is -2.49. The number of aliphatic hydroxyl groups is 1. The molecule has 3 saturated heterocycles. The Morgan fingerprint density at radius 3 is 1.43 bits per heavy atom. The van der Waals surface area contributed by atoms with Crippen LogP contribution < -0.4 is 0 Å². The van der Waals surface area contributed by atoms with Crippen LogP contribution in [0.5, 0.6) is 0 Å². The van der Waals surface area contributed by atoms with Gasteiger partial charge in [0.2, 0.25) is 0 Å². The van der Waals surface area contributed by atoms with E-state index in [4.69, 9.17) is 14.2 Å². The largest absolute Gasteiger partial charge is 0.426 e. The van der Waals surface area contributed by atoms with Crippen molar-refractivity contribution >= 4 is 0 Å². The zero-order valence-corrected chi connectivity index (χ0v) is 10.5. The Labute approximate surface area is 114 Å². The molecule has 3 heterocycles. The van der Waals surface area contributed by atoms with Crippen molar-refractivity contribution < 1.29 is 45.7 Å². The number of hydrogen-bond donors (Lipinski definition) is 1. The third-order valence-corrected chi connectivity index (χ3v) is 4.03. The number of ether oxygens (including phenoxy) is 3. The first kappa shape index (κ1) is 15.3. The fourth-order valence-corrected chi connectivity index (χ4v) is 3.10. The summed E-state index contributed by atoms with van der Waals surface area (Å²) in [6.45, 7) is 0. The van der Waals surface area contributed by atoms with Crippen molar-refractivity contribution in [2.75, 3.05) is 0 Å². The minimum Gasteiger partial charge on any atom is -0.373 e. The van der Waals surface area contributed by atoms with Crippen LogP contribution in [0.2, 0.25) is 0 Å². The summed E-state index contributed by atoms with van der Waals surface area (Å²) in [5.41, 5.74) is -4.95. The molecule has 0 unspecified atom stereocenters. The average Bonchev–Trinajstić information content (AvgIpc) is 2.22. The van der Waals surface area contributed by atoms with E-state index in [0.29, 0.717) is 19.3 Å². The predicted octanol–water partition coefficient (Wildman–Crippen LogP) is 2.25. The second-order valence-corrected chi connectivity index (χ2v) is 5.64. The monoisotopic (exact) mass is 322 g/mol. The maximum absolute atomic E-state index is 12.7. The van der Waals surface area contributed by atoms with Gasteiger partial charge in [0.1, 0.15) is 0 Å². The van der Waals surface area contributed by atoms with E-state index in [1.807, 2.05) is 0 Å². The summed E-state index contributed by atoms with van der Waals surface area (Å²) in [6, 6.07) is 0. The van der Waals surface area contributed by atoms with Gasteiger partial charge in [0.25, 0.3) is 11.6 Å². The van der Waals surface area contributed by atoms with Gasteiger partial charge in [0.15, 0.2) is 0 Å². The molecule has 4 aliphatic rings. The first-order chi connectivity index (χ1) is 9.44. The minimum atomic E-state index is -5.93. The molecule has 122 valence electrons. The molecule has 1 saturated carbocycles. The SMILES string of the molecule is OC(CC12OC3CC(CC(C3)O1)O2)(C(F)(F)F)C(F)(F)F. The lowest BCUT2D eigenvalue weighted by Crippen LogP contribution is -2.68.